The summed E-state index contributed by atoms with van der Waals surface area (Å²) in [5.74, 6) is 0.931. The standard InChI is InChI=1S/C16H23N3O/c1-4-14-10-15(19(3)18-14)12-17-11-13-7-6-8-16(9-13)20-5-2/h6-10,17H,4-5,11-12H2,1-3H3. The normalized spacial score (nSPS) is 10.8. The van der Waals surface area contributed by atoms with Crippen LogP contribution in [0, 0.1) is 0 Å². The van der Waals surface area contributed by atoms with Crippen LogP contribution in [0.3, 0.4) is 0 Å². The second-order valence-electron chi connectivity index (χ2n) is 4.79. The van der Waals surface area contributed by atoms with Gasteiger partial charge in [-0.05, 0) is 37.1 Å². The Morgan fingerprint density at radius 3 is 2.75 bits per heavy atom. The van der Waals surface area contributed by atoms with E-state index in [1.165, 1.54) is 11.3 Å². The maximum Gasteiger partial charge on any atom is 0.119 e. The molecule has 2 rings (SSSR count). The van der Waals surface area contributed by atoms with Gasteiger partial charge in [-0.3, -0.25) is 4.68 Å². The summed E-state index contributed by atoms with van der Waals surface area (Å²) in [6, 6.07) is 10.4. The number of nitrogens with zero attached hydrogens (tertiary/aromatic N) is 2. The molecule has 0 saturated carbocycles. The molecule has 1 N–H and O–H groups in total. The van der Waals surface area contributed by atoms with E-state index >= 15 is 0 Å². The maximum absolute atomic E-state index is 5.51. The second-order valence-corrected chi connectivity index (χ2v) is 4.79. The molecule has 0 fully saturated rings. The number of hydrogen-bond donors (Lipinski definition) is 1. The van der Waals surface area contributed by atoms with Crippen LogP contribution in [0.2, 0.25) is 0 Å². The number of ether oxygens (including phenoxy) is 1. The van der Waals surface area contributed by atoms with Gasteiger partial charge < -0.3 is 10.1 Å². The van der Waals surface area contributed by atoms with Crippen LogP contribution in [0.25, 0.3) is 0 Å². The van der Waals surface area contributed by atoms with E-state index in [4.69, 9.17) is 4.74 Å². The van der Waals surface area contributed by atoms with E-state index in [1.54, 1.807) is 0 Å². The van der Waals surface area contributed by atoms with Crippen molar-refractivity contribution in [3.05, 3.63) is 47.3 Å². The number of rotatable bonds is 7. The van der Waals surface area contributed by atoms with Crippen molar-refractivity contribution in [3.8, 4) is 5.75 Å². The molecule has 4 nitrogen and oxygen atoms in total. The molecule has 20 heavy (non-hydrogen) atoms. The molecule has 1 heterocycles. The number of aryl methyl sites for hydroxylation is 2. The molecule has 0 bridgehead atoms. The van der Waals surface area contributed by atoms with Crippen LogP contribution in [0.15, 0.2) is 30.3 Å². The van der Waals surface area contributed by atoms with Crippen molar-refractivity contribution in [2.75, 3.05) is 6.61 Å². The van der Waals surface area contributed by atoms with Crippen LogP contribution in [-0.4, -0.2) is 16.4 Å². The number of hydrogen-bond acceptors (Lipinski definition) is 3. The lowest BCUT2D eigenvalue weighted by Crippen LogP contribution is -2.15. The fourth-order valence-electron chi connectivity index (χ4n) is 2.16. The Labute approximate surface area is 120 Å². The highest BCUT2D eigenvalue weighted by Crippen LogP contribution is 2.13. The Hall–Kier alpha value is -1.81. The first-order valence-corrected chi connectivity index (χ1v) is 7.17. The molecule has 1 aromatic heterocycles. The van der Waals surface area contributed by atoms with Gasteiger partial charge in [-0.1, -0.05) is 19.1 Å². The smallest absolute Gasteiger partial charge is 0.119 e. The summed E-state index contributed by atoms with van der Waals surface area (Å²) < 4.78 is 7.45. The van der Waals surface area contributed by atoms with E-state index in [1.807, 2.05) is 30.8 Å². The van der Waals surface area contributed by atoms with Crippen molar-refractivity contribution in [1.82, 2.24) is 15.1 Å². The van der Waals surface area contributed by atoms with Crippen LogP contribution in [-0.2, 0) is 26.6 Å². The molecule has 0 unspecified atom stereocenters. The van der Waals surface area contributed by atoms with Gasteiger partial charge in [0, 0.05) is 20.1 Å². The highest BCUT2D eigenvalue weighted by Gasteiger charge is 2.03. The molecule has 1 aromatic carbocycles. The summed E-state index contributed by atoms with van der Waals surface area (Å²) in [5.41, 5.74) is 3.58. The Morgan fingerprint density at radius 1 is 1.20 bits per heavy atom. The molecule has 0 atom stereocenters. The molecule has 0 amide bonds. The highest BCUT2D eigenvalue weighted by atomic mass is 16.5. The van der Waals surface area contributed by atoms with Crippen molar-refractivity contribution >= 4 is 0 Å². The predicted octanol–water partition coefficient (Wildman–Crippen LogP) is 2.67. The largest absolute Gasteiger partial charge is 0.494 e. The molecule has 0 spiro atoms. The van der Waals surface area contributed by atoms with Crippen LogP contribution >= 0.6 is 0 Å². The SMILES string of the molecule is CCOc1cccc(CNCc2cc(CC)nn2C)c1. The third-order valence-corrected chi connectivity index (χ3v) is 3.23. The van der Waals surface area contributed by atoms with Gasteiger partial charge in [-0.2, -0.15) is 5.10 Å². The minimum Gasteiger partial charge on any atom is -0.494 e. The lowest BCUT2D eigenvalue weighted by atomic mass is 10.2. The van der Waals surface area contributed by atoms with Crippen LogP contribution in [0.1, 0.15) is 30.8 Å². The van der Waals surface area contributed by atoms with Gasteiger partial charge in [-0.15, -0.1) is 0 Å². The zero-order valence-electron chi connectivity index (χ0n) is 12.5. The van der Waals surface area contributed by atoms with Crippen molar-refractivity contribution in [2.24, 2.45) is 7.05 Å². The molecular weight excluding hydrogens is 250 g/mol. The second kappa shape index (κ2) is 7.10. The Bertz CT molecular complexity index is 548. The Balaban J connectivity index is 1.88. The molecule has 2 aromatic rings. The number of aromatic nitrogens is 2. The first kappa shape index (κ1) is 14.6. The Morgan fingerprint density at radius 2 is 2.05 bits per heavy atom. The summed E-state index contributed by atoms with van der Waals surface area (Å²) >= 11 is 0. The van der Waals surface area contributed by atoms with Crippen molar-refractivity contribution in [2.45, 2.75) is 33.4 Å². The fraction of sp³-hybridized carbons (Fsp3) is 0.438. The summed E-state index contributed by atoms with van der Waals surface area (Å²) in [4.78, 5) is 0. The zero-order chi connectivity index (χ0) is 14.4. The summed E-state index contributed by atoms with van der Waals surface area (Å²) in [6.45, 7) is 6.47. The molecule has 0 aliphatic heterocycles. The number of nitrogens with one attached hydrogen (secondary N) is 1. The lowest BCUT2D eigenvalue weighted by molar-refractivity contribution is 0.340. The highest BCUT2D eigenvalue weighted by molar-refractivity contribution is 5.28. The number of benzene rings is 1. The van der Waals surface area contributed by atoms with E-state index in [2.05, 4.69) is 35.5 Å². The van der Waals surface area contributed by atoms with E-state index in [9.17, 15) is 0 Å². The summed E-state index contributed by atoms with van der Waals surface area (Å²) in [6.07, 6.45) is 0.976. The fourth-order valence-corrected chi connectivity index (χ4v) is 2.16. The molecule has 108 valence electrons. The predicted molar refractivity (Wildman–Crippen MR) is 80.7 cm³/mol. The average Bonchev–Trinajstić information content (AvgIpc) is 2.80. The van der Waals surface area contributed by atoms with E-state index in [0.717, 1.165) is 31.0 Å². The Kier molecular flexibility index (Phi) is 5.18. The van der Waals surface area contributed by atoms with Gasteiger partial charge in [0.25, 0.3) is 0 Å². The third kappa shape index (κ3) is 3.84. The van der Waals surface area contributed by atoms with E-state index < -0.39 is 0 Å². The van der Waals surface area contributed by atoms with E-state index in [0.29, 0.717) is 6.61 Å². The van der Waals surface area contributed by atoms with Crippen molar-refractivity contribution < 1.29 is 4.74 Å². The zero-order valence-corrected chi connectivity index (χ0v) is 12.5. The van der Waals surface area contributed by atoms with Gasteiger partial charge in [0.15, 0.2) is 0 Å². The minimum atomic E-state index is 0.700. The van der Waals surface area contributed by atoms with Crippen LogP contribution in [0.4, 0.5) is 0 Å². The molecule has 0 radical (unpaired) electrons. The third-order valence-electron chi connectivity index (χ3n) is 3.23. The average molecular weight is 273 g/mol. The molecule has 4 heteroatoms. The topological polar surface area (TPSA) is 39.1 Å². The van der Waals surface area contributed by atoms with Gasteiger partial charge >= 0.3 is 0 Å². The molecule has 0 aliphatic carbocycles. The molecule has 0 saturated heterocycles. The van der Waals surface area contributed by atoms with Crippen LogP contribution < -0.4 is 10.1 Å². The molecular formula is C16H23N3O. The maximum atomic E-state index is 5.51. The first-order chi connectivity index (χ1) is 9.72. The van der Waals surface area contributed by atoms with Gasteiger partial charge in [0.1, 0.15) is 5.75 Å². The minimum absolute atomic E-state index is 0.700. The summed E-state index contributed by atoms with van der Waals surface area (Å²) in [7, 11) is 1.99. The quantitative estimate of drug-likeness (QED) is 0.843. The van der Waals surface area contributed by atoms with Crippen molar-refractivity contribution in [3.63, 3.8) is 0 Å². The van der Waals surface area contributed by atoms with E-state index in [-0.39, 0.29) is 0 Å². The van der Waals surface area contributed by atoms with Gasteiger partial charge in [-0.25, -0.2) is 0 Å². The van der Waals surface area contributed by atoms with Gasteiger partial charge in [0.05, 0.1) is 18.0 Å². The first-order valence-electron chi connectivity index (χ1n) is 7.17. The molecule has 0 aliphatic rings. The van der Waals surface area contributed by atoms with Crippen LogP contribution in [0.5, 0.6) is 5.75 Å². The van der Waals surface area contributed by atoms with Crippen molar-refractivity contribution in [1.29, 1.82) is 0 Å². The summed E-state index contributed by atoms with van der Waals surface area (Å²) in [5, 5.41) is 7.90. The lowest BCUT2D eigenvalue weighted by Gasteiger charge is -2.07. The van der Waals surface area contributed by atoms with Gasteiger partial charge in [0.2, 0.25) is 0 Å². The monoisotopic (exact) mass is 273 g/mol.